The number of guanidine groups is 1. The Labute approximate surface area is 190 Å². The Balaban J connectivity index is 1.33. The van der Waals surface area contributed by atoms with Gasteiger partial charge < -0.3 is 25.4 Å². The van der Waals surface area contributed by atoms with Gasteiger partial charge in [0.05, 0.1) is 13.2 Å². The van der Waals surface area contributed by atoms with Crippen molar-refractivity contribution in [3.63, 3.8) is 0 Å². The number of amides is 1. The number of hydrogen-bond acceptors (Lipinski definition) is 4. The van der Waals surface area contributed by atoms with Gasteiger partial charge in [0.25, 0.3) is 5.91 Å². The maximum atomic E-state index is 11.8. The van der Waals surface area contributed by atoms with Crippen LogP contribution in [0.2, 0.25) is 0 Å². The van der Waals surface area contributed by atoms with Gasteiger partial charge in [0.1, 0.15) is 5.75 Å². The highest BCUT2D eigenvalue weighted by atomic mass is 16.5. The van der Waals surface area contributed by atoms with Gasteiger partial charge in [-0.1, -0.05) is 49.4 Å². The lowest BCUT2D eigenvalue weighted by Gasteiger charge is -2.16. The number of ether oxygens (including phenoxy) is 2. The van der Waals surface area contributed by atoms with E-state index in [2.05, 4.69) is 40.0 Å². The molecule has 0 bridgehead atoms. The summed E-state index contributed by atoms with van der Waals surface area (Å²) in [6, 6.07) is 18.3. The lowest BCUT2D eigenvalue weighted by molar-refractivity contribution is -0.123. The second-order valence-corrected chi connectivity index (χ2v) is 8.19. The third-order valence-corrected chi connectivity index (χ3v) is 5.03. The van der Waals surface area contributed by atoms with E-state index in [1.165, 1.54) is 5.56 Å². The van der Waals surface area contributed by atoms with Crippen molar-refractivity contribution >= 4 is 11.9 Å². The van der Waals surface area contributed by atoms with Crippen molar-refractivity contribution in [1.82, 2.24) is 16.0 Å². The van der Waals surface area contributed by atoms with Crippen LogP contribution in [0.5, 0.6) is 5.75 Å². The number of rotatable bonds is 12. The fourth-order valence-corrected chi connectivity index (χ4v) is 3.08. The molecular weight excluding hydrogens is 404 g/mol. The molecule has 0 heterocycles. The Morgan fingerprint density at radius 3 is 2.62 bits per heavy atom. The Hall–Kier alpha value is -3.06. The number of nitrogens with one attached hydrogen (secondary N) is 3. The summed E-state index contributed by atoms with van der Waals surface area (Å²) in [7, 11) is 1.75. The monoisotopic (exact) mass is 438 g/mol. The Bertz CT molecular complexity index is 869. The molecule has 32 heavy (non-hydrogen) atoms. The molecular formula is C25H34N4O3. The molecule has 0 saturated heterocycles. The van der Waals surface area contributed by atoms with Crippen LogP contribution in [0.1, 0.15) is 30.9 Å². The molecule has 1 atom stereocenters. The first-order chi connectivity index (χ1) is 15.6. The molecule has 0 spiro atoms. The molecule has 3 N–H and O–H groups in total. The quantitative estimate of drug-likeness (QED) is 0.351. The first-order valence-corrected chi connectivity index (χ1v) is 11.2. The number of aliphatic imine (C=N–C) groups is 1. The molecule has 1 aliphatic carbocycles. The molecule has 7 heteroatoms. The normalized spacial score (nSPS) is 14.5. The molecule has 0 aliphatic heterocycles. The Morgan fingerprint density at radius 1 is 1.09 bits per heavy atom. The van der Waals surface area contributed by atoms with E-state index in [-0.39, 0.29) is 12.5 Å². The lowest BCUT2D eigenvalue weighted by atomic mass is 10.2. The first kappa shape index (κ1) is 23.6. The summed E-state index contributed by atoms with van der Waals surface area (Å²) in [4.78, 5) is 16.1. The minimum absolute atomic E-state index is 0.0425. The number of carbonyl (C=O) groups is 1. The van der Waals surface area contributed by atoms with Crippen molar-refractivity contribution in [2.75, 3.05) is 26.8 Å². The summed E-state index contributed by atoms with van der Waals surface area (Å²) in [6.07, 6.45) is 2.14. The van der Waals surface area contributed by atoms with Crippen LogP contribution in [0, 0.1) is 5.92 Å². The zero-order valence-corrected chi connectivity index (χ0v) is 19.0. The van der Waals surface area contributed by atoms with E-state index in [0.29, 0.717) is 37.5 Å². The van der Waals surface area contributed by atoms with Gasteiger partial charge in [-0.3, -0.25) is 9.79 Å². The topological polar surface area (TPSA) is 84.0 Å². The molecule has 0 aromatic heterocycles. The van der Waals surface area contributed by atoms with Gasteiger partial charge in [-0.05, 0) is 42.0 Å². The number of hydrogen-bond donors (Lipinski definition) is 3. The third-order valence-electron chi connectivity index (χ3n) is 5.03. The number of carbonyl (C=O) groups excluding carboxylic acids is 1. The zero-order chi connectivity index (χ0) is 22.6. The highest BCUT2D eigenvalue weighted by molar-refractivity contribution is 5.79. The highest BCUT2D eigenvalue weighted by Gasteiger charge is 2.23. The molecule has 1 aliphatic rings. The average Bonchev–Trinajstić information content (AvgIpc) is 3.63. The molecule has 1 fully saturated rings. The van der Waals surface area contributed by atoms with E-state index in [1.807, 2.05) is 42.5 Å². The maximum absolute atomic E-state index is 11.8. The van der Waals surface area contributed by atoms with Crippen molar-refractivity contribution in [1.29, 1.82) is 0 Å². The number of nitrogens with zero attached hydrogens (tertiary/aromatic N) is 1. The lowest BCUT2D eigenvalue weighted by Crippen LogP contribution is -2.39. The summed E-state index contributed by atoms with van der Waals surface area (Å²) in [5, 5.41) is 9.58. The number of benzene rings is 2. The first-order valence-electron chi connectivity index (χ1n) is 11.2. The van der Waals surface area contributed by atoms with E-state index in [1.54, 1.807) is 7.05 Å². The van der Waals surface area contributed by atoms with Crippen LogP contribution in [-0.2, 0) is 22.7 Å². The predicted molar refractivity (Wildman–Crippen MR) is 127 cm³/mol. The summed E-state index contributed by atoms with van der Waals surface area (Å²) < 4.78 is 11.4. The zero-order valence-electron chi connectivity index (χ0n) is 19.0. The van der Waals surface area contributed by atoms with Gasteiger partial charge in [0.15, 0.2) is 12.6 Å². The standard InChI is InChI=1S/C25H34N4O3/c1-19(16-31-17-20-7-4-3-5-8-20)14-27-25(26-2)28-15-21-9-6-10-23(13-21)32-18-24(30)29-22-11-12-22/h3-10,13,19,22H,11-12,14-18H2,1-2H3,(H,29,30)(H2,26,27,28). The van der Waals surface area contributed by atoms with Crippen LogP contribution in [0.15, 0.2) is 59.6 Å². The van der Waals surface area contributed by atoms with Gasteiger partial charge >= 0.3 is 0 Å². The fraction of sp³-hybridized carbons (Fsp3) is 0.440. The molecule has 3 rings (SSSR count). The second-order valence-electron chi connectivity index (χ2n) is 8.19. The Kier molecular flexibility index (Phi) is 9.37. The van der Waals surface area contributed by atoms with Gasteiger partial charge in [-0.15, -0.1) is 0 Å². The fourth-order valence-electron chi connectivity index (χ4n) is 3.08. The predicted octanol–water partition coefficient (Wildman–Crippen LogP) is 2.86. The van der Waals surface area contributed by atoms with Crippen molar-refractivity contribution in [3.8, 4) is 5.75 Å². The van der Waals surface area contributed by atoms with E-state index in [4.69, 9.17) is 9.47 Å². The molecule has 1 unspecified atom stereocenters. The third kappa shape index (κ3) is 8.98. The van der Waals surface area contributed by atoms with Gasteiger partial charge in [0, 0.05) is 26.2 Å². The summed E-state index contributed by atoms with van der Waals surface area (Å²) >= 11 is 0. The molecule has 0 radical (unpaired) electrons. The van der Waals surface area contributed by atoms with Crippen LogP contribution in [0.25, 0.3) is 0 Å². The van der Waals surface area contributed by atoms with Crippen molar-refractivity contribution in [2.24, 2.45) is 10.9 Å². The Morgan fingerprint density at radius 2 is 1.88 bits per heavy atom. The SMILES string of the molecule is CN=C(NCc1cccc(OCC(=O)NC2CC2)c1)NCC(C)COCc1ccccc1. The average molecular weight is 439 g/mol. The smallest absolute Gasteiger partial charge is 0.258 e. The summed E-state index contributed by atoms with van der Waals surface area (Å²) in [6.45, 7) is 4.84. The maximum Gasteiger partial charge on any atom is 0.258 e. The van der Waals surface area contributed by atoms with Crippen molar-refractivity contribution in [3.05, 3.63) is 65.7 Å². The largest absolute Gasteiger partial charge is 0.484 e. The molecule has 2 aromatic rings. The van der Waals surface area contributed by atoms with E-state index >= 15 is 0 Å². The van der Waals surface area contributed by atoms with Crippen LogP contribution < -0.4 is 20.7 Å². The van der Waals surface area contributed by atoms with E-state index in [0.717, 1.165) is 30.9 Å². The van der Waals surface area contributed by atoms with E-state index < -0.39 is 0 Å². The minimum atomic E-state index is -0.0671. The highest BCUT2D eigenvalue weighted by Crippen LogP contribution is 2.18. The molecule has 2 aromatic carbocycles. The van der Waals surface area contributed by atoms with E-state index in [9.17, 15) is 4.79 Å². The molecule has 1 saturated carbocycles. The van der Waals surface area contributed by atoms with Crippen LogP contribution >= 0.6 is 0 Å². The molecule has 172 valence electrons. The van der Waals surface area contributed by atoms with Gasteiger partial charge in [-0.2, -0.15) is 0 Å². The van der Waals surface area contributed by atoms with Crippen molar-refractivity contribution in [2.45, 2.75) is 39.0 Å². The van der Waals surface area contributed by atoms with Crippen molar-refractivity contribution < 1.29 is 14.3 Å². The van der Waals surface area contributed by atoms with Gasteiger partial charge in [-0.25, -0.2) is 0 Å². The molecule has 1 amide bonds. The van der Waals surface area contributed by atoms with Gasteiger partial charge in [0.2, 0.25) is 0 Å². The van der Waals surface area contributed by atoms with Crippen LogP contribution in [0.3, 0.4) is 0 Å². The van der Waals surface area contributed by atoms with Crippen LogP contribution in [0.4, 0.5) is 0 Å². The summed E-state index contributed by atoms with van der Waals surface area (Å²) in [5.74, 6) is 1.69. The minimum Gasteiger partial charge on any atom is -0.484 e. The second kappa shape index (κ2) is 12.7. The molecule has 7 nitrogen and oxygen atoms in total. The summed E-state index contributed by atoms with van der Waals surface area (Å²) in [5.41, 5.74) is 2.23. The van der Waals surface area contributed by atoms with Crippen LogP contribution in [-0.4, -0.2) is 44.7 Å².